The van der Waals surface area contributed by atoms with E-state index in [1.807, 2.05) is 54.6 Å². The quantitative estimate of drug-likeness (QED) is 0.871. The van der Waals surface area contributed by atoms with E-state index in [1.165, 1.54) is 12.8 Å². The highest BCUT2D eigenvalue weighted by atomic mass is 16.5. The van der Waals surface area contributed by atoms with Crippen molar-refractivity contribution in [3.8, 4) is 11.5 Å². The zero-order valence-electron chi connectivity index (χ0n) is 15.3. The van der Waals surface area contributed by atoms with Crippen molar-refractivity contribution in [1.82, 2.24) is 9.80 Å². The van der Waals surface area contributed by atoms with Gasteiger partial charge in [0, 0.05) is 6.54 Å². The molecule has 2 aromatic carbocycles. The maximum Gasteiger partial charge on any atom is 0.322 e. The number of carbonyl (C=O) groups excluding carboxylic acids is 1. The standard InChI is InChI=1S/C21H25N3O3/c25-19-15-24(14-18(19)23-12-6-7-13-23)21(26)22-17-10-4-5-11-20(17)27-16-8-2-1-3-9-16/h1-5,8-11,18-19,25H,6-7,12-15H2,(H,22,26)/t18-,19-/m1/s1. The summed E-state index contributed by atoms with van der Waals surface area (Å²) in [5.74, 6) is 1.30. The Morgan fingerprint density at radius 3 is 2.48 bits per heavy atom. The van der Waals surface area contributed by atoms with Gasteiger partial charge in [-0.25, -0.2) is 4.79 Å². The van der Waals surface area contributed by atoms with Gasteiger partial charge in [0.25, 0.3) is 0 Å². The molecule has 0 unspecified atom stereocenters. The van der Waals surface area contributed by atoms with E-state index in [2.05, 4.69) is 10.2 Å². The maximum absolute atomic E-state index is 12.8. The van der Waals surface area contributed by atoms with Gasteiger partial charge in [-0.15, -0.1) is 0 Å². The molecule has 2 aromatic rings. The van der Waals surface area contributed by atoms with Crippen molar-refractivity contribution >= 4 is 11.7 Å². The molecule has 0 aromatic heterocycles. The summed E-state index contributed by atoms with van der Waals surface area (Å²) >= 11 is 0. The van der Waals surface area contributed by atoms with E-state index in [-0.39, 0.29) is 12.1 Å². The molecule has 4 rings (SSSR count). The van der Waals surface area contributed by atoms with Crippen LogP contribution in [0.1, 0.15) is 12.8 Å². The molecular weight excluding hydrogens is 342 g/mol. The van der Waals surface area contributed by atoms with Crippen LogP contribution in [0.4, 0.5) is 10.5 Å². The Hall–Kier alpha value is -2.57. The van der Waals surface area contributed by atoms with Crippen molar-refractivity contribution in [3.63, 3.8) is 0 Å². The number of β-amino-alcohol motifs (C(OH)–C–C–N with tert-alkyl or cyclic N) is 1. The predicted octanol–water partition coefficient (Wildman–Crippen LogP) is 3.15. The first-order chi connectivity index (χ1) is 13.2. The number of nitrogens with zero attached hydrogens (tertiary/aromatic N) is 2. The van der Waals surface area contributed by atoms with Crippen LogP contribution in [0.3, 0.4) is 0 Å². The minimum absolute atomic E-state index is 0.0362. The summed E-state index contributed by atoms with van der Waals surface area (Å²) in [6.07, 6.45) is 1.84. The van der Waals surface area contributed by atoms with Crippen LogP contribution in [-0.2, 0) is 0 Å². The topological polar surface area (TPSA) is 65.0 Å². The van der Waals surface area contributed by atoms with Gasteiger partial charge in [0.2, 0.25) is 0 Å². The number of carbonyl (C=O) groups is 1. The average Bonchev–Trinajstić information content (AvgIpc) is 3.33. The Bertz CT molecular complexity index is 777. The monoisotopic (exact) mass is 367 g/mol. The molecule has 142 valence electrons. The molecule has 0 radical (unpaired) electrons. The lowest BCUT2D eigenvalue weighted by molar-refractivity contribution is 0.0980. The first kappa shape index (κ1) is 17.8. The molecule has 0 bridgehead atoms. The minimum atomic E-state index is -0.496. The molecular formula is C21H25N3O3. The second kappa shape index (κ2) is 7.98. The summed E-state index contributed by atoms with van der Waals surface area (Å²) in [5.41, 5.74) is 0.616. The van der Waals surface area contributed by atoms with Gasteiger partial charge < -0.3 is 20.1 Å². The van der Waals surface area contributed by atoms with Crippen LogP contribution in [0.2, 0.25) is 0 Å². The lowest BCUT2D eigenvalue weighted by Gasteiger charge is -2.25. The third kappa shape index (κ3) is 4.07. The molecule has 0 aliphatic carbocycles. The van der Waals surface area contributed by atoms with Gasteiger partial charge in [-0.05, 0) is 50.2 Å². The lowest BCUT2D eigenvalue weighted by atomic mass is 10.2. The first-order valence-corrected chi connectivity index (χ1v) is 9.51. The van der Waals surface area contributed by atoms with Crippen LogP contribution >= 0.6 is 0 Å². The third-order valence-corrected chi connectivity index (χ3v) is 5.26. The van der Waals surface area contributed by atoms with Crippen molar-refractivity contribution in [3.05, 3.63) is 54.6 Å². The highest BCUT2D eigenvalue weighted by molar-refractivity contribution is 5.91. The van der Waals surface area contributed by atoms with Crippen LogP contribution in [0.5, 0.6) is 11.5 Å². The number of anilines is 1. The van der Waals surface area contributed by atoms with Crippen molar-refractivity contribution in [2.24, 2.45) is 0 Å². The number of aliphatic hydroxyl groups is 1. The number of benzene rings is 2. The second-order valence-corrected chi connectivity index (χ2v) is 7.12. The summed E-state index contributed by atoms with van der Waals surface area (Å²) in [6, 6.07) is 16.7. The smallest absolute Gasteiger partial charge is 0.322 e. The molecule has 27 heavy (non-hydrogen) atoms. The van der Waals surface area contributed by atoms with E-state index in [4.69, 9.17) is 4.74 Å². The van der Waals surface area contributed by atoms with E-state index < -0.39 is 6.10 Å². The molecule has 6 nitrogen and oxygen atoms in total. The SMILES string of the molecule is O=C(Nc1ccccc1Oc1ccccc1)N1C[C@@H](O)[C@H](N2CCCC2)C1. The van der Waals surface area contributed by atoms with Gasteiger partial charge in [0.15, 0.2) is 5.75 Å². The van der Waals surface area contributed by atoms with E-state index in [0.717, 1.165) is 13.1 Å². The Balaban J connectivity index is 1.42. The number of rotatable bonds is 4. The number of amides is 2. The number of hydrogen-bond acceptors (Lipinski definition) is 4. The molecule has 6 heteroatoms. The lowest BCUT2D eigenvalue weighted by Crippen LogP contribution is -2.41. The number of hydrogen-bond donors (Lipinski definition) is 2. The van der Waals surface area contributed by atoms with Gasteiger partial charge in [0.1, 0.15) is 5.75 Å². The molecule has 2 aliphatic heterocycles. The zero-order valence-corrected chi connectivity index (χ0v) is 15.3. The Morgan fingerprint density at radius 1 is 1.00 bits per heavy atom. The molecule has 2 fully saturated rings. The molecule has 2 saturated heterocycles. The van der Waals surface area contributed by atoms with Crippen LogP contribution < -0.4 is 10.1 Å². The molecule has 2 atom stereocenters. The van der Waals surface area contributed by atoms with Crippen LogP contribution in [-0.4, -0.2) is 59.3 Å². The fraction of sp³-hybridized carbons (Fsp3) is 0.381. The van der Waals surface area contributed by atoms with Crippen molar-refractivity contribution in [2.45, 2.75) is 25.0 Å². The van der Waals surface area contributed by atoms with Crippen molar-refractivity contribution in [2.75, 3.05) is 31.5 Å². The van der Waals surface area contributed by atoms with Gasteiger partial charge >= 0.3 is 6.03 Å². The highest BCUT2D eigenvalue weighted by Gasteiger charge is 2.38. The fourth-order valence-corrected chi connectivity index (χ4v) is 3.84. The van der Waals surface area contributed by atoms with Crippen LogP contribution in [0.15, 0.2) is 54.6 Å². The number of likely N-dealkylation sites (tertiary alicyclic amines) is 2. The summed E-state index contributed by atoms with van der Waals surface area (Å²) in [4.78, 5) is 16.7. The fourth-order valence-electron chi connectivity index (χ4n) is 3.84. The largest absolute Gasteiger partial charge is 0.455 e. The number of aliphatic hydroxyl groups excluding tert-OH is 1. The summed E-state index contributed by atoms with van der Waals surface area (Å²) in [7, 11) is 0. The predicted molar refractivity (Wildman–Crippen MR) is 104 cm³/mol. The Morgan fingerprint density at radius 2 is 1.70 bits per heavy atom. The average molecular weight is 367 g/mol. The molecule has 0 spiro atoms. The molecule has 2 amide bonds. The van der Waals surface area contributed by atoms with Gasteiger partial charge in [-0.1, -0.05) is 30.3 Å². The first-order valence-electron chi connectivity index (χ1n) is 9.51. The third-order valence-electron chi connectivity index (χ3n) is 5.26. The molecule has 2 N–H and O–H groups in total. The van der Waals surface area contributed by atoms with Crippen molar-refractivity contribution < 1.29 is 14.6 Å². The summed E-state index contributed by atoms with van der Waals surface area (Å²) < 4.78 is 5.91. The van der Waals surface area contributed by atoms with E-state index >= 15 is 0 Å². The Labute approximate surface area is 159 Å². The zero-order chi connectivity index (χ0) is 18.6. The number of ether oxygens (including phenoxy) is 1. The number of nitrogens with one attached hydrogen (secondary N) is 1. The summed E-state index contributed by atoms with van der Waals surface area (Å²) in [6.45, 7) is 2.92. The number of para-hydroxylation sites is 3. The van der Waals surface area contributed by atoms with Crippen LogP contribution in [0.25, 0.3) is 0 Å². The summed E-state index contributed by atoms with van der Waals surface area (Å²) in [5, 5.41) is 13.3. The van der Waals surface area contributed by atoms with Gasteiger partial charge in [-0.3, -0.25) is 4.90 Å². The van der Waals surface area contributed by atoms with Gasteiger partial charge in [0.05, 0.1) is 24.4 Å². The molecule has 0 saturated carbocycles. The maximum atomic E-state index is 12.8. The van der Waals surface area contributed by atoms with E-state index in [1.54, 1.807) is 4.90 Å². The molecule has 2 heterocycles. The number of urea groups is 1. The van der Waals surface area contributed by atoms with Crippen LogP contribution in [0, 0.1) is 0 Å². The van der Waals surface area contributed by atoms with Crippen molar-refractivity contribution in [1.29, 1.82) is 0 Å². The highest BCUT2D eigenvalue weighted by Crippen LogP contribution is 2.30. The molecule has 2 aliphatic rings. The van der Waals surface area contributed by atoms with Gasteiger partial charge in [-0.2, -0.15) is 0 Å². The van der Waals surface area contributed by atoms with E-state index in [9.17, 15) is 9.90 Å². The minimum Gasteiger partial charge on any atom is -0.455 e. The van der Waals surface area contributed by atoms with E-state index in [0.29, 0.717) is 30.3 Å². The normalized spacial score (nSPS) is 22.8. The Kier molecular flexibility index (Phi) is 5.27. The second-order valence-electron chi connectivity index (χ2n) is 7.12.